The van der Waals surface area contributed by atoms with Crippen molar-refractivity contribution in [2.24, 2.45) is 10.1 Å². The fourth-order valence-electron chi connectivity index (χ4n) is 5.69. The van der Waals surface area contributed by atoms with Crippen molar-refractivity contribution in [3.63, 3.8) is 0 Å². The first-order valence-electron chi connectivity index (χ1n) is 17.8. The number of anilines is 2. The lowest BCUT2D eigenvalue weighted by Crippen LogP contribution is -2.39. The predicted octanol–water partition coefficient (Wildman–Crippen LogP) is 9.63. The Balaban J connectivity index is 1.34. The fourth-order valence-corrected chi connectivity index (χ4v) is 6.66. The number of hydrazone groups is 1. The van der Waals surface area contributed by atoms with Crippen LogP contribution in [-0.2, 0) is 20.4 Å². The molecular weight excluding hydrogens is 761 g/mol. The first-order valence-corrected chi connectivity index (χ1v) is 18.9. The number of nitrogens with zero attached hydrogens (tertiary/aromatic N) is 3. The topological polar surface area (TPSA) is 122 Å². The van der Waals surface area contributed by atoms with Crippen LogP contribution in [0.25, 0.3) is 0 Å². The highest BCUT2D eigenvalue weighted by molar-refractivity contribution is 6.43. The van der Waals surface area contributed by atoms with Crippen molar-refractivity contribution in [3.8, 4) is 11.5 Å². The Morgan fingerprint density at radius 3 is 2.20 bits per heavy atom. The normalized spacial score (nSPS) is 14.6. The van der Waals surface area contributed by atoms with E-state index in [1.54, 1.807) is 49.6 Å². The van der Waals surface area contributed by atoms with Crippen LogP contribution in [0.15, 0.2) is 89.0 Å². The minimum Gasteiger partial charge on any atom is -0.497 e. The van der Waals surface area contributed by atoms with Gasteiger partial charge in [0.15, 0.2) is 18.5 Å². The molecule has 1 atom stereocenters. The van der Waals surface area contributed by atoms with Crippen molar-refractivity contribution >= 4 is 75.9 Å². The van der Waals surface area contributed by atoms with E-state index in [1.165, 1.54) is 30.0 Å². The summed E-state index contributed by atoms with van der Waals surface area (Å²) in [6.07, 6.45) is 3.36. The molecule has 1 aliphatic rings. The Labute approximate surface area is 336 Å². The van der Waals surface area contributed by atoms with E-state index in [4.69, 9.17) is 44.3 Å². The Bertz CT molecular complexity index is 2130. The average molecular weight is 805 g/mol. The number of carbonyl (C=O) groups excluding carboxylic acids is 3. The maximum atomic E-state index is 13.8. The summed E-state index contributed by atoms with van der Waals surface area (Å²) in [7, 11) is 1.56. The summed E-state index contributed by atoms with van der Waals surface area (Å²) in [5.74, 6) is -0.372. The molecule has 0 aromatic heterocycles. The monoisotopic (exact) mass is 803 g/mol. The zero-order valence-corrected chi connectivity index (χ0v) is 34.1. The van der Waals surface area contributed by atoms with Crippen molar-refractivity contribution < 1.29 is 23.9 Å². The van der Waals surface area contributed by atoms with E-state index in [0.29, 0.717) is 22.7 Å². The van der Waals surface area contributed by atoms with Crippen LogP contribution in [0.2, 0.25) is 15.1 Å². The fraction of sp³-hybridized carbons (Fsp3) is 0.310. The summed E-state index contributed by atoms with van der Waals surface area (Å²) in [6, 6.07) is 21.2. The zero-order chi connectivity index (χ0) is 40.1. The smallest absolute Gasteiger partial charge is 0.280 e. The summed E-state index contributed by atoms with van der Waals surface area (Å²) in [5.41, 5.74) is 3.40. The summed E-state index contributed by atoms with van der Waals surface area (Å²) in [4.78, 5) is 45.0. The molecule has 5 rings (SSSR count). The van der Waals surface area contributed by atoms with Crippen molar-refractivity contribution in [2.45, 2.75) is 71.3 Å². The third-order valence-electron chi connectivity index (χ3n) is 9.86. The van der Waals surface area contributed by atoms with Gasteiger partial charge in [-0.05, 0) is 95.5 Å². The van der Waals surface area contributed by atoms with Crippen LogP contribution in [0.5, 0.6) is 11.5 Å². The molecule has 2 N–H and O–H groups in total. The minimum absolute atomic E-state index is 0.00538. The van der Waals surface area contributed by atoms with Crippen molar-refractivity contribution in [1.29, 1.82) is 0 Å². The molecular formula is C42H44Cl3N5O5. The van der Waals surface area contributed by atoms with Gasteiger partial charge in [-0.2, -0.15) is 5.01 Å². The lowest BCUT2D eigenvalue weighted by Gasteiger charge is -2.30. The minimum atomic E-state index is -1.25. The number of ether oxygens (including phenoxy) is 2. The number of amidine groups is 1. The van der Waals surface area contributed by atoms with Gasteiger partial charge in [0, 0.05) is 28.1 Å². The van der Waals surface area contributed by atoms with E-state index in [9.17, 15) is 14.4 Å². The van der Waals surface area contributed by atoms with Gasteiger partial charge in [0.25, 0.3) is 17.7 Å². The van der Waals surface area contributed by atoms with E-state index in [-0.39, 0.29) is 49.6 Å². The Morgan fingerprint density at radius 1 is 0.891 bits per heavy atom. The molecule has 0 saturated heterocycles. The lowest BCUT2D eigenvalue weighted by molar-refractivity contribution is -0.118. The van der Waals surface area contributed by atoms with E-state index in [1.807, 2.05) is 6.07 Å². The number of methoxy groups -OCH3 is 1. The highest BCUT2D eigenvalue weighted by Crippen LogP contribution is 2.40. The molecule has 1 aliphatic heterocycles. The number of halogens is 3. The maximum Gasteiger partial charge on any atom is 0.280 e. The summed E-state index contributed by atoms with van der Waals surface area (Å²) in [5, 5.41) is 11.3. The molecule has 4 aromatic rings. The molecule has 0 aliphatic carbocycles. The second-order valence-electron chi connectivity index (χ2n) is 14.4. The standard InChI is InChI=1S/C42H44Cl3N5O5/c1-8-41(3,4)27-15-18-34(31(20-27)42(5,6)9-2)55-24-35(51)47-29-12-10-11-26(19-29)39(52)48-38-36(46-23-25-13-16-30(54-7)17-14-25)40(53)50(49-38)37-32(44)21-28(43)22-33(37)45/h10-23,36H,8-9,24H2,1-7H3,(H,47,51)(H,48,49,52). The molecule has 3 amide bonds. The van der Waals surface area contributed by atoms with Crippen LogP contribution < -0.4 is 25.1 Å². The number of aliphatic imine (C=N–C) groups is 1. The van der Waals surface area contributed by atoms with Gasteiger partial charge in [0.2, 0.25) is 0 Å². The van der Waals surface area contributed by atoms with Gasteiger partial charge in [-0.25, -0.2) is 0 Å². The molecule has 55 heavy (non-hydrogen) atoms. The largest absolute Gasteiger partial charge is 0.497 e. The first-order chi connectivity index (χ1) is 26.1. The molecule has 10 nitrogen and oxygen atoms in total. The van der Waals surface area contributed by atoms with Crippen LogP contribution >= 0.6 is 34.8 Å². The molecule has 0 bridgehead atoms. The van der Waals surface area contributed by atoms with Gasteiger partial charge in [-0.1, -0.05) is 94.5 Å². The van der Waals surface area contributed by atoms with Crippen LogP contribution in [-0.4, -0.2) is 49.5 Å². The van der Waals surface area contributed by atoms with Crippen LogP contribution in [0.3, 0.4) is 0 Å². The second-order valence-corrected chi connectivity index (χ2v) is 15.6. The van der Waals surface area contributed by atoms with Crippen molar-refractivity contribution in [1.82, 2.24) is 5.32 Å². The third kappa shape index (κ3) is 9.68. The van der Waals surface area contributed by atoms with E-state index in [0.717, 1.165) is 23.4 Å². The van der Waals surface area contributed by atoms with Gasteiger partial charge in [0.05, 0.1) is 17.2 Å². The number of carbonyl (C=O) groups is 3. The molecule has 0 radical (unpaired) electrons. The Kier molecular flexibility index (Phi) is 13.0. The molecule has 288 valence electrons. The molecule has 0 saturated carbocycles. The van der Waals surface area contributed by atoms with Gasteiger partial charge >= 0.3 is 0 Å². The predicted molar refractivity (Wildman–Crippen MR) is 222 cm³/mol. The SMILES string of the molecule is CCC(C)(C)c1ccc(OCC(=O)Nc2cccc(C(=O)NC3=NN(c4c(Cl)cc(Cl)cc4Cl)C(=O)C3N=Cc3ccc(OC)cc3)c2)c(C(C)(C)CC)c1. The Hall–Kier alpha value is -4.90. The number of amides is 3. The zero-order valence-electron chi connectivity index (χ0n) is 31.8. The van der Waals surface area contributed by atoms with Crippen molar-refractivity contribution in [3.05, 3.63) is 116 Å². The highest BCUT2D eigenvalue weighted by atomic mass is 35.5. The molecule has 13 heteroatoms. The second kappa shape index (κ2) is 17.3. The van der Waals surface area contributed by atoms with Crippen LogP contribution in [0.1, 0.15) is 81.4 Å². The molecule has 0 spiro atoms. The number of nitrogens with one attached hydrogen (secondary N) is 2. The maximum absolute atomic E-state index is 13.8. The van der Waals surface area contributed by atoms with Gasteiger partial charge in [0.1, 0.15) is 17.2 Å². The van der Waals surface area contributed by atoms with Gasteiger partial charge in [-0.15, -0.1) is 5.10 Å². The third-order valence-corrected chi connectivity index (χ3v) is 10.7. The van der Waals surface area contributed by atoms with Crippen LogP contribution in [0.4, 0.5) is 11.4 Å². The van der Waals surface area contributed by atoms with Gasteiger partial charge < -0.3 is 20.1 Å². The number of hydrogen-bond acceptors (Lipinski definition) is 7. The first kappa shape index (κ1) is 41.3. The quantitative estimate of drug-likeness (QED) is 0.130. The van der Waals surface area contributed by atoms with E-state index >= 15 is 0 Å². The number of benzene rings is 4. The molecule has 0 fully saturated rings. The summed E-state index contributed by atoms with van der Waals surface area (Å²) < 4.78 is 11.3. The highest BCUT2D eigenvalue weighted by Gasteiger charge is 2.39. The van der Waals surface area contributed by atoms with E-state index < -0.39 is 23.8 Å². The van der Waals surface area contributed by atoms with Gasteiger partial charge in [-0.3, -0.25) is 19.4 Å². The molecule has 1 heterocycles. The number of hydrogen-bond donors (Lipinski definition) is 2. The molecule has 4 aromatic carbocycles. The Morgan fingerprint density at radius 2 is 1.56 bits per heavy atom. The van der Waals surface area contributed by atoms with Crippen LogP contribution in [0, 0.1) is 0 Å². The summed E-state index contributed by atoms with van der Waals surface area (Å²) >= 11 is 19.0. The number of rotatable bonds is 13. The summed E-state index contributed by atoms with van der Waals surface area (Å²) in [6.45, 7) is 12.8. The average Bonchev–Trinajstić information content (AvgIpc) is 3.45. The van der Waals surface area contributed by atoms with Crippen molar-refractivity contribution in [2.75, 3.05) is 24.0 Å². The molecule has 1 unspecified atom stereocenters. The lowest BCUT2D eigenvalue weighted by atomic mass is 9.76. The van der Waals surface area contributed by atoms with E-state index in [2.05, 4.69) is 74.4 Å².